The molecule has 0 radical (unpaired) electrons. The summed E-state index contributed by atoms with van der Waals surface area (Å²) in [5, 5.41) is 0. The van der Waals surface area contributed by atoms with Crippen molar-refractivity contribution in [2.75, 3.05) is 6.61 Å². The van der Waals surface area contributed by atoms with Gasteiger partial charge in [-0.1, -0.05) is 25.7 Å². The molecule has 1 aliphatic rings. The third-order valence-corrected chi connectivity index (χ3v) is 4.77. The van der Waals surface area contributed by atoms with Crippen LogP contribution in [0.15, 0.2) is 42.5 Å². The average Bonchev–Trinajstić information content (AvgIpc) is 2.64. The van der Waals surface area contributed by atoms with Gasteiger partial charge in [-0.15, -0.1) is 0 Å². The summed E-state index contributed by atoms with van der Waals surface area (Å²) in [5.41, 5.74) is 4.13. The fourth-order valence-electron chi connectivity index (χ4n) is 3.17. The summed E-state index contributed by atoms with van der Waals surface area (Å²) in [5.74, 6) is 6.17. The molecule has 0 amide bonds. The first-order chi connectivity index (χ1) is 12.4. The SMILES string of the molecule is CCOC(=O)c1ccc(C#Cc2ccc3c(c2)C(C)(C)CCC3=O)cc1. The molecule has 0 heterocycles. The summed E-state index contributed by atoms with van der Waals surface area (Å²) in [4.78, 5) is 23.8. The second kappa shape index (κ2) is 7.17. The average molecular weight is 346 g/mol. The van der Waals surface area contributed by atoms with Gasteiger partial charge in [0, 0.05) is 23.1 Å². The van der Waals surface area contributed by atoms with Crippen molar-refractivity contribution in [2.45, 2.75) is 39.0 Å². The van der Waals surface area contributed by atoms with Crippen molar-refractivity contribution >= 4 is 11.8 Å². The quantitative estimate of drug-likeness (QED) is 0.593. The molecule has 2 aromatic carbocycles. The summed E-state index contributed by atoms with van der Waals surface area (Å²) in [7, 11) is 0. The number of hydrogen-bond acceptors (Lipinski definition) is 3. The van der Waals surface area contributed by atoms with E-state index in [1.54, 1.807) is 19.1 Å². The topological polar surface area (TPSA) is 43.4 Å². The van der Waals surface area contributed by atoms with Crippen molar-refractivity contribution in [1.29, 1.82) is 0 Å². The van der Waals surface area contributed by atoms with Gasteiger partial charge in [0.25, 0.3) is 0 Å². The van der Waals surface area contributed by atoms with E-state index in [9.17, 15) is 9.59 Å². The lowest BCUT2D eigenvalue weighted by molar-refractivity contribution is 0.0526. The number of esters is 1. The van der Waals surface area contributed by atoms with Crippen molar-refractivity contribution in [3.8, 4) is 11.8 Å². The lowest BCUT2D eigenvalue weighted by Gasteiger charge is -2.31. The zero-order valence-electron chi connectivity index (χ0n) is 15.4. The van der Waals surface area contributed by atoms with Crippen molar-refractivity contribution in [2.24, 2.45) is 0 Å². The number of carbonyl (C=O) groups is 2. The number of Topliss-reactive ketones (excluding diaryl/α,β-unsaturated/α-hetero) is 1. The molecule has 3 nitrogen and oxygen atoms in total. The summed E-state index contributed by atoms with van der Waals surface area (Å²) in [6.07, 6.45) is 1.48. The van der Waals surface area contributed by atoms with Crippen LogP contribution in [0.25, 0.3) is 0 Å². The highest BCUT2D eigenvalue weighted by molar-refractivity contribution is 5.99. The zero-order chi connectivity index (χ0) is 18.7. The predicted octanol–water partition coefficient (Wildman–Crippen LogP) is 4.52. The number of ketones is 1. The third-order valence-electron chi connectivity index (χ3n) is 4.77. The minimum absolute atomic E-state index is 0.0117. The Balaban J connectivity index is 1.85. The van der Waals surface area contributed by atoms with Gasteiger partial charge >= 0.3 is 5.97 Å². The Bertz CT molecular complexity index is 909. The number of fused-ring (bicyclic) bond motifs is 1. The van der Waals surface area contributed by atoms with E-state index >= 15 is 0 Å². The number of rotatable bonds is 2. The largest absolute Gasteiger partial charge is 0.462 e. The van der Waals surface area contributed by atoms with E-state index in [0.29, 0.717) is 18.6 Å². The molecule has 0 atom stereocenters. The maximum Gasteiger partial charge on any atom is 0.338 e. The van der Waals surface area contributed by atoms with Gasteiger partial charge in [0.2, 0.25) is 0 Å². The maximum absolute atomic E-state index is 12.1. The fourth-order valence-corrected chi connectivity index (χ4v) is 3.17. The highest BCUT2D eigenvalue weighted by Gasteiger charge is 2.31. The monoisotopic (exact) mass is 346 g/mol. The van der Waals surface area contributed by atoms with E-state index in [2.05, 4.69) is 25.7 Å². The van der Waals surface area contributed by atoms with E-state index < -0.39 is 0 Å². The van der Waals surface area contributed by atoms with Gasteiger partial charge in [-0.25, -0.2) is 4.79 Å². The maximum atomic E-state index is 12.1. The molecule has 0 N–H and O–H groups in total. The van der Waals surface area contributed by atoms with Gasteiger partial charge in [0.1, 0.15) is 0 Å². The summed E-state index contributed by atoms with van der Waals surface area (Å²) >= 11 is 0. The molecule has 0 fully saturated rings. The Morgan fingerprint density at radius 2 is 1.73 bits per heavy atom. The van der Waals surface area contributed by atoms with Crippen LogP contribution in [0.2, 0.25) is 0 Å². The number of hydrogen-bond donors (Lipinski definition) is 0. The van der Waals surface area contributed by atoms with Crippen LogP contribution in [-0.4, -0.2) is 18.4 Å². The van der Waals surface area contributed by atoms with Gasteiger partial charge < -0.3 is 4.74 Å². The predicted molar refractivity (Wildman–Crippen MR) is 101 cm³/mol. The van der Waals surface area contributed by atoms with Crippen LogP contribution in [0.4, 0.5) is 0 Å². The van der Waals surface area contributed by atoms with Gasteiger partial charge in [-0.05, 0) is 66.8 Å². The van der Waals surface area contributed by atoms with Crippen LogP contribution in [0.3, 0.4) is 0 Å². The Kier molecular flexibility index (Phi) is 4.95. The smallest absolute Gasteiger partial charge is 0.338 e. The summed E-state index contributed by atoms with van der Waals surface area (Å²) < 4.78 is 4.98. The minimum atomic E-state index is -0.325. The van der Waals surface area contributed by atoms with E-state index in [1.165, 1.54) is 0 Å². The molecule has 132 valence electrons. The molecule has 26 heavy (non-hydrogen) atoms. The molecule has 0 unspecified atom stereocenters. The molecule has 0 bridgehead atoms. The van der Waals surface area contributed by atoms with Crippen LogP contribution >= 0.6 is 0 Å². The van der Waals surface area contributed by atoms with Crippen molar-refractivity contribution < 1.29 is 14.3 Å². The fraction of sp³-hybridized carbons (Fsp3) is 0.304. The van der Waals surface area contributed by atoms with Crippen LogP contribution in [0.1, 0.15) is 71.0 Å². The molecule has 0 aliphatic heterocycles. The van der Waals surface area contributed by atoms with Crippen LogP contribution in [0, 0.1) is 11.8 Å². The zero-order valence-corrected chi connectivity index (χ0v) is 15.4. The second-order valence-corrected chi connectivity index (χ2v) is 7.12. The molecule has 0 aromatic heterocycles. The molecule has 0 saturated carbocycles. The number of carbonyl (C=O) groups excluding carboxylic acids is 2. The van der Waals surface area contributed by atoms with Gasteiger partial charge in [0.05, 0.1) is 12.2 Å². The lowest BCUT2D eigenvalue weighted by atomic mass is 9.72. The summed E-state index contributed by atoms with van der Waals surface area (Å²) in [6.45, 7) is 6.48. The Morgan fingerprint density at radius 3 is 2.42 bits per heavy atom. The molecule has 3 rings (SSSR count). The van der Waals surface area contributed by atoms with E-state index in [1.807, 2.05) is 30.3 Å². The standard InChI is InChI=1S/C23H22O3/c1-4-26-22(25)18-10-7-16(8-11-18)5-6-17-9-12-19-20(15-17)23(2,3)14-13-21(19)24/h7-12,15H,4,13-14H2,1-3H3. The van der Waals surface area contributed by atoms with Crippen molar-refractivity contribution in [3.05, 3.63) is 70.3 Å². The van der Waals surface area contributed by atoms with E-state index in [4.69, 9.17) is 4.74 Å². The normalized spacial score (nSPS) is 14.8. The highest BCUT2D eigenvalue weighted by Crippen LogP contribution is 2.36. The molecule has 2 aromatic rings. The minimum Gasteiger partial charge on any atom is -0.462 e. The Hall–Kier alpha value is -2.86. The Labute approximate surface area is 154 Å². The summed E-state index contributed by atoms with van der Waals surface area (Å²) in [6, 6.07) is 12.9. The number of ether oxygens (including phenoxy) is 1. The van der Waals surface area contributed by atoms with Gasteiger partial charge in [-0.3, -0.25) is 4.79 Å². The Morgan fingerprint density at radius 1 is 1.08 bits per heavy atom. The third kappa shape index (κ3) is 3.70. The van der Waals surface area contributed by atoms with Gasteiger partial charge in [-0.2, -0.15) is 0 Å². The van der Waals surface area contributed by atoms with Crippen molar-refractivity contribution in [1.82, 2.24) is 0 Å². The molecule has 0 saturated heterocycles. The first-order valence-electron chi connectivity index (χ1n) is 8.87. The second-order valence-electron chi connectivity index (χ2n) is 7.12. The van der Waals surface area contributed by atoms with E-state index in [0.717, 1.165) is 28.7 Å². The molecule has 0 spiro atoms. The number of benzene rings is 2. The molecular formula is C23H22O3. The van der Waals surface area contributed by atoms with Crippen LogP contribution in [0.5, 0.6) is 0 Å². The highest BCUT2D eigenvalue weighted by atomic mass is 16.5. The first kappa shape index (κ1) is 17.9. The molecular weight excluding hydrogens is 324 g/mol. The lowest BCUT2D eigenvalue weighted by Crippen LogP contribution is -2.27. The van der Waals surface area contributed by atoms with E-state index in [-0.39, 0.29) is 17.2 Å². The van der Waals surface area contributed by atoms with Crippen LogP contribution in [-0.2, 0) is 10.2 Å². The molecule has 1 aliphatic carbocycles. The van der Waals surface area contributed by atoms with Gasteiger partial charge in [0.15, 0.2) is 5.78 Å². The van der Waals surface area contributed by atoms with Crippen molar-refractivity contribution in [3.63, 3.8) is 0 Å². The van der Waals surface area contributed by atoms with Crippen LogP contribution < -0.4 is 0 Å². The first-order valence-corrected chi connectivity index (χ1v) is 8.87. The molecule has 3 heteroatoms.